The standard InChI is InChI=1S/C12H26O2.C11H24O.C10H22O.5C6H6.C5H10O.8C5H12.C4H8O2.3C2H6O/c1-11(2,3)9-13-7-8-14-10-12(4,5)6;1-9(8-10(2,3)4)12-11(5,6)7;1-9(2,3)7-8-11-10(4,5)6;6*1-2-4-6-5-3-1;8*1-5(2,3)4;1-2-6-4-3-5-1;3*1-3-2/h7-10H2,1-6H3;9H,8H2,1-7H3;7-8H2,1-6H3;5*1-6H;1-5H2;8*1-4H3;1-4H2;3*1-2H3. The number of hydrogen-bond acceptors (Lipinski definition) is 10. The van der Waals surface area contributed by atoms with Gasteiger partial charge in [0.05, 0.1) is 70.2 Å². The number of benzene rings is 5. The molecule has 10 heteroatoms. The van der Waals surface area contributed by atoms with Crippen molar-refractivity contribution in [2.24, 2.45) is 65.0 Å². The Hall–Kier alpha value is -4.30. The maximum absolute atomic E-state index is 5.81. The Bertz CT molecular complexity index is 2090. The summed E-state index contributed by atoms with van der Waals surface area (Å²) in [6, 6.07) is 60.0. The van der Waals surface area contributed by atoms with Crippen LogP contribution in [-0.2, 0) is 47.4 Å². The molecule has 0 aliphatic carbocycles. The van der Waals surface area contributed by atoms with Crippen LogP contribution in [0.3, 0.4) is 0 Å². The average molecular weight is 1810 g/mol. The highest BCUT2D eigenvalue weighted by Gasteiger charge is 2.21. The summed E-state index contributed by atoms with van der Waals surface area (Å²) >= 11 is 0. The third kappa shape index (κ3) is 399. The van der Waals surface area contributed by atoms with E-state index in [1.165, 1.54) is 19.3 Å². The number of ether oxygens (including phenoxy) is 10. The van der Waals surface area contributed by atoms with Gasteiger partial charge in [-0.25, -0.2) is 0 Å². The Labute approximate surface area is 807 Å². The summed E-state index contributed by atoms with van der Waals surface area (Å²) in [5.74, 6) is 0. The first-order valence-electron chi connectivity index (χ1n) is 47.7. The highest BCUT2D eigenvalue weighted by Crippen LogP contribution is 2.25. The van der Waals surface area contributed by atoms with Crippen LogP contribution in [0.5, 0.6) is 0 Å². The Balaban J connectivity index is -0.0000000899. The zero-order chi connectivity index (χ0) is 104. The second-order valence-electron chi connectivity index (χ2n) is 51.2. The van der Waals surface area contributed by atoms with Crippen molar-refractivity contribution in [1.29, 1.82) is 0 Å². The minimum absolute atomic E-state index is 0.00926. The molecule has 766 valence electrons. The zero-order valence-corrected chi connectivity index (χ0v) is 97.3. The SMILES string of the molecule is C1CCOCC1.C1COCCO1.CC(C)(C)C.CC(C)(C)C.CC(C)(C)C.CC(C)(C)C.CC(C)(C)C.CC(C)(C)C.CC(C)(C)C.CC(C)(C)C.CC(C)(C)CCOC(C)(C)C.CC(C)(C)COCCOCC(C)(C)C.CC(CC(C)(C)C)OC(C)(C)C.COC.COC.COC.c1ccccc1.c1ccccc1.c1ccccc1.c1ccccc1.c1ccccc1. The van der Waals surface area contributed by atoms with Gasteiger partial charge in [-0.2, -0.15) is 0 Å². The van der Waals surface area contributed by atoms with E-state index >= 15 is 0 Å². The monoisotopic (exact) mass is 1810 g/mol. The lowest BCUT2D eigenvalue weighted by Gasteiger charge is -2.29. The van der Waals surface area contributed by atoms with Gasteiger partial charge < -0.3 is 47.4 Å². The maximum Gasteiger partial charge on any atom is 0.0701 e. The summed E-state index contributed by atoms with van der Waals surface area (Å²) < 4.78 is 50.1. The van der Waals surface area contributed by atoms with Gasteiger partial charge in [0.2, 0.25) is 0 Å². The van der Waals surface area contributed by atoms with Gasteiger partial charge in [-0.1, -0.05) is 487 Å². The van der Waals surface area contributed by atoms with E-state index in [-0.39, 0.29) is 22.0 Å². The van der Waals surface area contributed by atoms with Gasteiger partial charge in [0.15, 0.2) is 0 Å². The molecule has 5 aromatic rings. The van der Waals surface area contributed by atoms with Crippen molar-refractivity contribution in [3.8, 4) is 0 Å². The second-order valence-corrected chi connectivity index (χ2v) is 51.2. The summed E-state index contributed by atoms with van der Waals surface area (Å²) in [6.45, 7) is 120. The molecule has 7 rings (SSSR count). The van der Waals surface area contributed by atoms with Crippen molar-refractivity contribution in [2.75, 3.05) is 115 Å². The molecule has 2 aliphatic rings. The zero-order valence-electron chi connectivity index (χ0n) is 97.3. The average Bonchev–Trinajstić information content (AvgIpc) is 0.902. The van der Waals surface area contributed by atoms with Crippen molar-refractivity contribution in [3.63, 3.8) is 0 Å². The largest absolute Gasteiger partial charge is 0.388 e. The minimum Gasteiger partial charge on any atom is -0.388 e. The van der Waals surface area contributed by atoms with Crippen LogP contribution < -0.4 is 0 Å². The smallest absolute Gasteiger partial charge is 0.0701 e. The van der Waals surface area contributed by atoms with Crippen LogP contribution in [-0.4, -0.2) is 133 Å². The predicted molar refractivity (Wildman–Crippen MR) is 583 cm³/mol. The molecule has 0 N–H and O–H groups in total. The summed E-state index contributed by atoms with van der Waals surface area (Å²) in [5.41, 5.74) is 5.28. The topological polar surface area (TPSA) is 92.3 Å². The highest BCUT2D eigenvalue weighted by atomic mass is 16.6. The lowest BCUT2D eigenvalue weighted by molar-refractivity contribution is -0.0650. The maximum atomic E-state index is 5.81. The summed E-state index contributed by atoms with van der Waals surface area (Å²) in [5, 5.41) is 0. The fourth-order valence-electron chi connectivity index (χ4n) is 6.10. The molecule has 10 nitrogen and oxygen atoms in total. The van der Waals surface area contributed by atoms with Crippen LogP contribution in [0.15, 0.2) is 182 Å². The Morgan fingerprint density at radius 1 is 0.211 bits per heavy atom. The predicted octanol–water partition coefficient (Wildman–Crippen LogP) is 36.8. The molecule has 2 fully saturated rings. The third-order valence-electron chi connectivity index (χ3n) is 9.44. The fraction of sp³-hybridized carbons (Fsp3) is 0.746. The molecule has 2 saturated heterocycles. The van der Waals surface area contributed by atoms with Gasteiger partial charge in [-0.05, 0) is 146 Å². The van der Waals surface area contributed by atoms with E-state index in [1.807, 2.05) is 182 Å². The molecule has 0 spiro atoms. The van der Waals surface area contributed by atoms with Crippen LogP contribution in [0, 0.1) is 65.0 Å². The lowest BCUT2D eigenvalue weighted by atomic mass is 9.89. The van der Waals surface area contributed by atoms with Gasteiger partial charge in [0, 0.05) is 62.5 Å². The van der Waals surface area contributed by atoms with Gasteiger partial charge in [0.1, 0.15) is 0 Å². The summed E-state index contributed by atoms with van der Waals surface area (Å²) in [7, 11) is 9.75. The van der Waals surface area contributed by atoms with Crippen LogP contribution in [0.2, 0.25) is 0 Å². The lowest BCUT2D eigenvalue weighted by Crippen LogP contribution is -2.28. The molecule has 2 heterocycles. The van der Waals surface area contributed by atoms with Gasteiger partial charge in [-0.3, -0.25) is 0 Å². The first-order valence-corrected chi connectivity index (χ1v) is 47.7. The normalized spacial score (nSPS) is 12.4. The molecule has 1 atom stereocenters. The molecular weight excluding hydrogens is 1580 g/mol. The molecule has 0 saturated carbocycles. The first-order chi connectivity index (χ1) is 57.3. The van der Waals surface area contributed by atoms with Crippen molar-refractivity contribution in [3.05, 3.63) is 182 Å². The molecule has 1 unspecified atom stereocenters. The van der Waals surface area contributed by atoms with Crippen LogP contribution in [0.4, 0.5) is 0 Å². The van der Waals surface area contributed by atoms with E-state index in [0.717, 1.165) is 72.3 Å². The van der Waals surface area contributed by atoms with E-state index in [2.05, 4.69) is 367 Å². The molecule has 2 aliphatic heterocycles. The van der Waals surface area contributed by atoms with Gasteiger partial charge in [-0.15, -0.1) is 0 Å². The third-order valence-corrected chi connectivity index (χ3v) is 9.44. The van der Waals surface area contributed by atoms with Crippen molar-refractivity contribution < 1.29 is 47.4 Å². The van der Waals surface area contributed by atoms with Crippen LogP contribution in [0.25, 0.3) is 0 Å². The molecule has 0 radical (unpaired) electrons. The number of rotatable bonds is 9. The second kappa shape index (κ2) is 94.5. The van der Waals surface area contributed by atoms with E-state index in [0.29, 0.717) is 73.5 Å². The van der Waals surface area contributed by atoms with Crippen molar-refractivity contribution in [2.45, 2.75) is 403 Å². The molecule has 0 aromatic heterocycles. The van der Waals surface area contributed by atoms with Gasteiger partial charge >= 0.3 is 0 Å². The quantitative estimate of drug-likeness (QED) is 0.133. The molecular formula is C118H234O10. The van der Waals surface area contributed by atoms with E-state index in [1.54, 1.807) is 42.7 Å². The summed E-state index contributed by atoms with van der Waals surface area (Å²) in [6.07, 6.45) is 6.53. The minimum atomic E-state index is -0.00926. The van der Waals surface area contributed by atoms with Crippen LogP contribution >= 0.6 is 0 Å². The first kappa shape index (κ1) is 155. The molecule has 0 amide bonds. The number of methoxy groups -OCH3 is 3. The number of hydrogen-bond donors (Lipinski definition) is 0. The van der Waals surface area contributed by atoms with Crippen LogP contribution in [0.1, 0.15) is 385 Å². The Morgan fingerprint density at radius 3 is 0.461 bits per heavy atom. The Morgan fingerprint density at radius 2 is 0.367 bits per heavy atom. The van der Waals surface area contributed by atoms with E-state index < -0.39 is 0 Å². The molecule has 128 heavy (non-hydrogen) atoms. The Kier molecular flexibility index (Phi) is 114. The molecule has 5 aromatic carbocycles. The van der Waals surface area contributed by atoms with E-state index in [4.69, 9.17) is 33.2 Å². The molecule has 0 bridgehead atoms. The van der Waals surface area contributed by atoms with E-state index in [9.17, 15) is 0 Å². The van der Waals surface area contributed by atoms with Crippen molar-refractivity contribution >= 4 is 0 Å². The summed E-state index contributed by atoms with van der Waals surface area (Å²) in [4.78, 5) is 0. The van der Waals surface area contributed by atoms with Crippen molar-refractivity contribution in [1.82, 2.24) is 0 Å². The highest BCUT2D eigenvalue weighted by molar-refractivity contribution is 5.02. The fourth-order valence-corrected chi connectivity index (χ4v) is 6.10. The van der Waals surface area contributed by atoms with Gasteiger partial charge in [0.25, 0.3) is 0 Å².